The van der Waals surface area contributed by atoms with Crippen LogP contribution in [0.4, 0.5) is 0 Å². The van der Waals surface area contributed by atoms with Crippen LogP contribution in [0.2, 0.25) is 0 Å². The molecule has 0 N–H and O–H groups in total. The fraction of sp³-hybridized carbons (Fsp3) is 0.556. The predicted octanol–water partition coefficient (Wildman–Crippen LogP) is 1.67. The quantitative estimate of drug-likeness (QED) is 0.684. The van der Waals surface area contributed by atoms with E-state index in [2.05, 4.69) is 4.98 Å². The van der Waals surface area contributed by atoms with Crippen LogP contribution in [-0.4, -0.2) is 15.3 Å². The topological polar surface area (TPSA) is 34.9 Å². The van der Waals surface area contributed by atoms with E-state index >= 15 is 0 Å². The molecule has 1 aromatic heterocycles. The summed E-state index contributed by atoms with van der Waals surface area (Å²) >= 11 is 0. The van der Waals surface area contributed by atoms with E-state index in [4.69, 9.17) is 0 Å². The van der Waals surface area contributed by atoms with E-state index in [0.717, 1.165) is 0 Å². The van der Waals surface area contributed by atoms with E-state index in [9.17, 15) is 4.79 Å². The number of rotatable bonds is 3. The lowest BCUT2D eigenvalue weighted by molar-refractivity contribution is -0.121. The fourth-order valence-electron chi connectivity index (χ4n) is 1.46. The Bertz CT molecular complexity index is 252. The van der Waals surface area contributed by atoms with Crippen molar-refractivity contribution in [2.24, 2.45) is 5.92 Å². The van der Waals surface area contributed by atoms with Crippen LogP contribution in [0.1, 0.15) is 26.8 Å². The third-order valence-electron chi connectivity index (χ3n) is 1.89. The molecule has 1 aromatic rings. The van der Waals surface area contributed by atoms with Gasteiger partial charge in [0, 0.05) is 12.4 Å². The molecule has 12 heavy (non-hydrogen) atoms. The van der Waals surface area contributed by atoms with Crippen LogP contribution in [0.3, 0.4) is 0 Å². The van der Waals surface area contributed by atoms with Gasteiger partial charge in [-0.25, -0.2) is 4.98 Å². The Hall–Kier alpha value is -1.12. The lowest BCUT2D eigenvalue weighted by atomic mass is 10.0. The Morgan fingerprint density at radius 2 is 2.17 bits per heavy atom. The van der Waals surface area contributed by atoms with Crippen LogP contribution in [0, 0.1) is 5.92 Å². The highest BCUT2D eigenvalue weighted by Gasteiger charge is 2.18. The molecule has 1 rings (SSSR count). The van der Waals surface area contributed by atoms with Gasteiger partial charge < -0.3 is 4.57 Å². The number of carbonyl (C=O) groups excluding carboxylic acids is 1. The first-order chi connectivity index (χ1) is 5.63. The molecule has 0 aliphatic carbocycles. The Morgan fingerprint density at radius 3 is 2.50 bits per heavy atom. The summed E-state index contributed by atoms with van der Waals surface area (Å²) in [7, 11) is 0. The zero-order valence-electron chi connectivity index (χ0n) is 7.69. The molecule has 0 aromatic carbocycles. The van der Waals surface area contributed by atoms with Crippen LogP contribution < -0.4 is 0 Å². The van der Waals surface area contributed by atoms with E-state index in [1.165, 1.54) is 0 Å². The number of carbonyl (C=O) groups is 1. The maximum absolute atomic E-state index is 11.2. The number of imidazole rings is 1. The number of hydrogen-bond donors (Lipinski definition) is 0. The molecule has 3 heteroatoms. The van der Waals surface area contributed by atoms with E-state index in [1.807, 2.05) is 24.6 Å². The molecule has 1 heterocycles. The van der Waals surface area contributed by atoms with E-state index < -0.39 is 0 Å². The summed E-state index contributed by atoms with van der Waals surface area (Å²) < 4.78 is 1.85. The van der Waals surface area contributed by atoms with Gasteiger partial charge in [0.25, 0.3) is 0 Å². The largest absolute Gasteiger partial charge is 0.327 e. The van der Waals surface area contributed by atoms with Crippen molar-refractivity contribution in [2.75, 3.05) is 0 Å². The Kier molecular flexibility index (Phi) is 2.63. The van der Waals surface area contributed by atoms with E-state index in [1.54, 1.807) is 19.4 Å². The van der Waals surface area contributed by atoms with Gasteiger partial charge in [0.15, 0.2) is 5.78 Å². The van der Waals surface area contributed by atoms with Gasteiger partial charge in [0.1, 0.15) is 0 Å². The average Bonchev–Trinajstić information content (AvgIpc) is 2.37. The normalized spacial score (nSPS) is 13.3. The molecular weight excluding hydrogens is 152 g/mol. The third kappa shape index (κ3) is 1.72. The highest BCUT2D eigenvalue weighted by molar-refractivity contribution is 5.80. The monoisotopic (exact) mass is 166 g/mol. The first-order valence-electron chi connectivity index (χ1n) is 4.11. The second kappa shape index (κ2) is 3.52. The zero-order valence-corrected chi connectivity index (χ0v) is 7.69. The lowest BCUT2D eigenvalue weighted by Crippen LogP contribution is -2.21. The van der Waals surface area contributed by atoms with Gasteiger partial charge in [-0.05, 0) is 12.8 Å². The smallest absolute Gasteiger partial charge is 0.152 e. The Labute approximate surface area is 72.4 Å². The number of aromatic nitrogens is 2. The fourth-order valence-corrected chi connectivity index (χ4v) is 1.46. The summed E-state index contributed by atoms with van der Waals surface area (Å²) in [5, 5.41) is 0. The van der Waals surface area contributed by atoms with Crippen molar-refractivity contribution >= 4 is 5.78 Å². The molecule has 0 bridgehead atoms. The van der Waals surface area contributed by atoms with E-state index in [-0.39, 0.29) is 11.8 Å². The minimum Gasteiger partial charge on any atom is -0.327 e. The lowest BCUT2D eigenvalue weighted by Gasteiger charge is -2.18. The summed E-state index contributed by atoms with van der Waals surface area (Å²) in [5.74, 6) is 0.500. The standard InChI is InChI=1S/C9H14N2O/c1-7(2)9(8(3)12)11-5-4-10-6-11/h4-7,9H,1-3H3/t9-/m1/s1. The van der Waals surface area contributed by atoms with Gasteiger partial charge in [0.2, 0.25) is 0 Å². The molecule has 0 saturated carbocycles. The van der Waals surface area contributed by atoms with Crippen molar-refractivity contribution < 1.29 is 4.79 Å². The minimum atomic E-state index is -0.0625. The molecule has 0 aliphatic heterocycles. The minimum absolute atomic E-state index is 0.0625. The first-order valence-corrected chi connectivity index (χ1v) is 4.11. The number of ketones is 1. The highest BCUT2D eigenvalue weighted by atomic mass is 16.1. The van der Waals surface area contributed by atoms with Crippen LogP contribution >= 0.6 is 0 Å². The molecule has 66 valence electrons. The molecule has 1 atom stereocenters. The SMILES string of the molecule is CC(=O)[C@@H](C(C)C)n1ccnc1. The van der Waals surface area contributed by atoms with Crippen molar-refractivity contribution in [3.05, 3.63) is 18.7 Å². The van der Waals surface area contributed by atoms with E-state index in [0.29, 0.717) is 5.92 Å². The molecule has 0 spiro atoms. The van der Waals surface area contributed by atoms with Gasteiger partial charge in [-0.3, -0.25) is 4.79 Å². The predicted molar refractivity (Wildman–Crippen MR) is 46.8 cm³/mol. The molecule has 0 radical (unpaired) electrons. The van der Waals surface area contributed by atoms with Crippen LogP contribution in [0.15, 0.2) is 18.7 Å². The summed E-state index contributed by atoms with van der Waals surface area (Å²) in [4.78, 5) is 15.2. The van der Waals surface area contributed by atoms with Gasteiger partial charge in [0.05, 0.1) is 12.4 Å². The number of Topliss-reactive ketones (excluding diaryl/α,β-unsaturated/α-hetero) is 1. The Morgan fingerprint density at radius 1 is 1.50 bits per heavy atom. The second-order valence-electron chi connectivity index (χ2n) is 3.31. The van der Waals surface area contributed by atoms with Crippen molar-refractivity contribution in [1.82, 2.24) is 9.55 Å². The summed E-state index contributed by atoms with van der Waals surface area (Å²) in [6.45, 7) is 5.68. The number of nitrogens with zero attached hydrogens (tertiary/aromatic N) is 2. The molecule has 0 saturated heterocycles. The Balaban J connectivity index is 2.88. The van der Waals surface area contributed by atoms with Crippen LogP contribution in [0.5, 0.6) is 0 Å². The summed E-state index contributed by atoms with van der Waals surface area (Å²) in [6.07, 6.45) is 5.20. The van der Waals surface area contributed by atoms with Gasteiger partial charge in [-0.1, -0.05) is 13.8 Å². The van der Waals surface area contributed by atoms with Crippen LogP contribution in [-0.2, 0) is 4.79 Å². The van der Waals surface area contributed by atoms with Crippen molar-refractivity contribution in [3.8, 4) is 0 Å². The van der Waals surface area contributed by atoms with Crippen molar-refractivity contribution in [2.45, 2.75) is 26.8 Å². The molecule has 3 nitrogen and oxygen atoms in total. The summed E-state index contributed by atoms with van der Waals surface area (Å²) in [5.41, 5.74) is 0. The van der Waals surface area contributed by atoms with Gasteiger partial charge in [-0.15, -0.1) is 0 Å². The number of hydrogen-bond acceptors (Lipinski definition) is 2. The van der Waals surface area contributed by atoms with Crippen molar-refractivity contribution in [3.63, 3.8) is 0 Å². The molecule has 0 aliphatic rings. The molecule has 0 fully saturated rings. The first kappa shape index (κ1) is 8.97. The average molecular weight is 166 g/mol. The van der Waals surface area contributed by atoms with Gasteiger partial charge >= 0.3 is 0 Å². The second-order valence-corrected chi connectivity index (χ2v) is 3.31. The molecular formula is C9H14N2O. The van der Waals surface area contributed by atoms with Crippen LogP contribution in [0.25, 0.3) is 0 Å². The molecule has 0 unspecified atom stereocenters. The van der Waals surface area contributed by atoms with Gasteiger partial charge in [-0.2, -0.15) is 0 Å². The van der Waals surface area contributed by atoms with Crippen molar-refractivity contribution in [1.29, 1.82) is 0 Å². The zero-order chi connectivity index (χ0) is 9.14. The third-order valence-corrected chi connectivity index (χ3v) is 1.89. The maximum atomic E-state index is 11.2. The molecule has 0 amide bonds. The summed E-state index contributed by atoms with van der Waals surface area (Å²) in [6, 6.07) is -0.0625. The highest BCUT2D eigenvalue weighted by Crippen LogP contribution is 2.17. The maximum Gasteiger partial charge on any atom is 0.152 e.